The molecule has 2 fully saturated rings. The van der Waals surface area contributed by atoms with Crippen LogP contribution in [0.2, 0.25) is 0 Å². The van der Waals surface area contributed by atoms with Crippen molar-refractivity contribution in [3.8, 4) is 0 Å². The van der Waals surface area contributed by atoms with Gasteiger partial charge in [0.15, 0.2) is 0 Å². The maximum absolute atomic E-state index is 13.9. The molecule has 7 heteroatoms. The van der Waals surface area contributed by atoms with E-state index in [4.69, 9.17) is 4.99 Å². The lowest BCUT2D eigenvalue weighted by Gasteiger charge is -2.31. The lowest BCUT2D eigenvalue weighted by molar-refractivity contribution is -0.120. The van der Waals surface area contributed by atoms with Crippen LogP contribution in [0.15, 0.2) is 35.5 Å². The van der Waals surface area contributed by atoms with Crippen LogP contribution in [0.25, 0.3) is 0 Å². The number of thioether (sulfide) groups is 1. The molecule has 0 aliphatic heterocycles. The molecule has 2 aromatic rings. The summed E-state index contributed by atoms with van der Waals surface area (Å²) in [4.78, 5) is 18.4. The van der Waals surface area contributed by atoms with Gasteiger partial charge in [-0.05, 0) is 67.3 Å². The number of aromatic nitrogens is 2. The fourth-order valence-corrected chi connectivity index (χ4v) is 6.83. The van der Waals surface area contributed by atoms with Crippen LogP contribution in [-0.2, 0) is 11.8 Å². The van der Waals surface area contributed by atoms with Crippen molar-refractivity contribution in [2.24, 2.45) is 23.4 Å². The van der Waals surface area contributed by atoms with Crippen LogP contribution in [0.3, 0.4) is 0 Å². The summed E-state index contributed by atoms with van der Waals surface area (Å²) in [7, 11) is 1.63. The Balaban J connectivity index is 1.72. The van der Waals surface area contributed by atoms with Crippen molar-refractivity contribution >= 4 is 27.6 Å². The molecule has 1 aromatic carbocycles. The average Bonchev–Trinajstić information content (AvgIpc) is 3.46. The van der Waals surface area contributed by atoms with E-state index in [-0.39, 0.29) is 16.4 Å². The molecular weight excluding hydrogens is 464 g/mol. The normalized spacial score (nSPS) is 22.6. The molecule has 2 unspecified atom stereocenters. The number of halogens is 2. The fraction of sp³-hybridized carbons (Fsp3) is 0.607. The van der Waals surface area contributed by atoms with Gasteiger partial charge in [0.05, 0.1) is 11.3 Å². The SMILES string of the molecule is CCCC1CCC(c2ccccc2N=C(SC(=O)C2(C)CCCCC2)c2cn(C)nc2C(F)F)C1. The van der Waals surface area contributed by atoms with Crippen LogP contribution in [0, 0.1) is 11.3 Å². The van der Waals surface area contributed by atoms with Crippen molar-refractivity contribution in [1.29, 1.82) is 0 Å². The third-order valence-electron chi connectivity index (χ3n) is 7.77. The molecular formula is C28H37F2N3OS. The highest BCUT2D eigenvalue weighted by atomic mass is 32.2. The van der Waals surface area contributed by atoms with E-state index in [9.17, 15) is 13.6 Å². The summed E-state index contributed by atoms with van der Waals surface area (Å²) in [5.74, 6) is 1.14. The molecule has 4 nitrogen and oxygen atoms in total. The number of hydrogen-bond donors (Lipinski definition) is 0. The highest BCUT2D eigenvalue weighted by molar-refractivity contribution is 8.26. The summed E-state index contributed by atoms with van der Waals surface area (Å²) >= 11 is 1.03. The van der Waals surface area contributed by atoms with Gasteiger partial charge in [0, 0.05) is 18.7 Å². The average molecular weight is 502 g/mol. The summed E-state index contributed by atoms with van der Waals surface area (Å²) in [5, 5.41) is 4.35. The Kier molecular flexibility index (Phi) is 8.46. The van der Waals surface area contributed by atoms with Gasteiger partial charge in [0.1, 0.15) is 10.7 Å². The largest absolute Gasteiger partial charge is 0.286 e. The molecule has 35 heavy (non-hydrogen) atoms. The van der Waals surface area contributed by atoms with E-state index in [1.807, 2.05) is 25.1 Å². The molecule has 0 spiro atoms. The quantitative estimate of drug-likeness (QED) is 0.283. The van der Waals surface area contributed by atoms with Crippen molar-refractivity contribution in [2.45, 2.75) is 90.4 Å². The van der Waals surface area contributed by atoms with E-state index in [1.54, 1.807) is 13.2 Å². The lowest BCUT2D eigenvalue weighted by atomic mass is 9.77. The maximum Gasteiger partial charge on any atom is 0.282 e. The van der Waals surface area contributed by atoms with Gasteiger partial charge in [-0.1, -0.05) is 64.2 Å². The van der Waals surface area contributed by atoms with Gasteiger partial charge in [-0.3, -0.25) is 9.48 Å². The third kappa shape index (κ3) is 6.04. The van der Waals surface area contributed by atoms with Crippen LogP contribution < -0.4 is 0 Å². The zero-order chi connectivity index (χ0) is 25.0. The lowest BCUT2D eigenvalue weighted by Crippen LogP contribution is -2.29. The highest BCUT2D eigenvalue weighted by Crippen LogP contribution is 2.45. The van der Waals surface area contributed by atoms with Crippen molar-refractivity contribution in [1.82, 2.24) is 9.78 Å². The van der Waals surface area contributed by atoms with E-state index in [1.165, 1.54) is 23.9 Å². The van der Waals surface area contributed by atoms with E-state index >= 15 is 0 Å². The number of rotatable bonds is 7. The summed E-state index contributed by atoms with van der Waals surface area (Å²) in [6.07, 6.45) is 9.57. The van der Waals surface area contributed by atoms with Crippen LogP contribution in [0.1, 0.15) is 107 Å². The number of benzene rings is 1. The zero-order valence-corrected chi connectivity index (χ0v) is 21.9. The van der Waals surface area contributed by atoms with Gasteiger partial charge < -0.3 is 0 Å². The zero-order valence-electron chi connectivity index (χ0n) is 21.1. The number of carbonyl (C=O) groups is 1. The Morgan fingerprint density at radius 2 is 1.97 bits per heavy atom. The number of alkyl halides is 2. The Morgan fingerprint density at radius 1 is 1.23 bits per heavy atom. The molecule has 1 heterocycles. The minimum absolute atomic E-state index is 0.0152. The second-order valence-corrected chi connectivity index (χ2v) is 11.5. The van der Waals surface area contributed by atoms with E-state index in [2.05, 4.69) is 18.1 Å². The molecule has 0 radical (unpaired) electrons. The first-order valence-electron chi connectivity index (χ1n) is 13.0. The molecule has 0 amide bonds. The minimum Gasteiger partial charge on any atom is -0.286 e. The van der Waals surface area contributed by atoms with Crippen molar-refractivity contribution in [3.05, 3.63) is 47.3 Å². The van der Waals surface area contributed by atoms with E-state index < -0.39 is 11.8 Å². The Hall–Kier alpha value is -2.02. The first-order chi connectivity index (χ1) is 16.8. The third-order valence-corrected chi connectivity index (χ3v) is 8.95. The van der Waals surface area contributed by atoms with Crippen molar-refractivity contribution < 1.29 is 13.6 Å². The Labute approximate surface area is 212 Å². The molecule has 2 saturated carbocycles. The number of aryl methyl sites for hydroxylation is 1. The summed E-state index contributed by atoms with van der Waals surface area (Å²) < 4.78 is 29.2. The summed E-state index contributed by atoms with van der Waals surface area (Å²) in [6.45, 7) is 4.24. The molecule has 0 saturated heterocycles. The molecule has 4 rings (SSSR count). The molecule has 0 bridgehead atoms. The molecule has 2 atom stereocenters. The maximum atomic E-state index is 13.9. The fourth-order valence-electron chi connectivity index (χ4n) is 5.79. The molecule has 1 aromatic heterocycles. The van der Waals surface area contributed by atoms with Crippen LogP contribution in [0.5, 0.6) is 0 Å². The number of hydrogen-bond acceptors (Lipinski definition) is 4. The first-order valence-corrected chi connectivity index (χ1v) is 13.8. The smallest absolute Gasteiger partial charge is 0.282 e. The summed E-state index contributed by atoms with van der Waals surface area (Å²) in [5.41, 5.74) is 1.42. The molecule has 190 valence electrons. The van der Waals surface area contributed by atoms with Gasteiger partial charge in [0.2, 0.25) is 5.12 Å². The number of para-hydroxylation sites is 1. The van der Waals surface area contributed by atoms with Crippen molar-refractivity contribution in [3.63, 3.8) is 0 Å². The number of carbonyl (C=O) groups excluding carboxylic acids is 1. The molecule has 2 aliphatic carbocycles. The van der Waals surface area contributed by atoms with Gasteiger partial charge in [-0.25, -0.2) is 13.8 Å². The van der Waals surface area contributed by atoms with Gasteiger partial charge in [0.25, 0.3) is 6.43 Å². The molecule has 0 N–H and O–H groups in total. The van der Waals surface area contributed by atoms with Gasteiger partial charge in [-0.15, -0.1) is 0 Å². The minimum atomic E-state index is -2.74. The highest BCUT2D eigenvalue weighted by Gasteiger charge is 2.37. The van der Waals surface area contributed by atoms with E-state index in [0.717, 1.165) is 73.9 Å². The standard InChI is InChI=1S/C28H37F2N3OS/c1-4-10-19-13-14-20(17-19)21-11-6-7-12-23(21)31-26(22-18-33(3)32-24(22)25(29)30)35-27(34)28(2)15-8-5-9-16-28/h6-7,11-12,18-20,25H,4-5,8-10,13-17H2,1-3H3. The van der Waals surface area contributed by atoms with Crippen LogP contribution in [-0.4, -0.2) is 19.9 Å². The monoisotopic (exact) mass is 501 g/mol. The van der Waals surface area contributed by atoms with E-state index in [0.29, 0.717) is 11.0 Å². The summed E-state index contributed by atoms with van der Waals surface area (Å²) in [6, 6.07) is 8.03. The molecule has 2 aliphatic rings. The first kappa shape index (κ1) is 26.1. The van der Waals surface area contributed by atoms with Crippen LogP contribution in [0.4, 0.5) is 14.5 Å². The topological polar surface area (TPSA) is 47.2 Å². The van der Waals surface area contributed by atoms with Crippen LogP contribution >= 0.6 is 11.8 Å². The Bertz CT molecular complexity index is 1060. The second-order valence-electron chi connectivity index (χ2n) is 10.6. The van der Waals surface area contributed by atoms with Crippen molar-refractivity contribution in [2.75, 3.05) is 0 Å². The Morgan fingerprint density at radius 3 is 2.69 bits per heavy atom. The van der Waals surface area contributed by atoms with Gasteiger partial charge in [-0.2, -0.15) is 5.10 Å². The number of nitrogens with zero attached hydrogens (tertiary/aromatic N) is 3. The predicted octanol–water partition coefficient (Wildman–Crippen LogP) is 8.35. The predicted molar refractivity (Wildman–Crippen MR) is 140 cm³/mol. The second kappa shape index (κ2) is 11.4. The number of aliphatic imine (C=N–C) groups is 1. The van der Waals surface area contributed by atoms with Gasteiger partial charge >= 0.3 is 0 Å².